The smallest absolute Gasteiger partial charge is 0.384 e. The first-order valence-electron chi connectivity index (χ1n) is 11.8. The number of nitrogens with zero attached hydrogens (tertiary/aromatic N) is 2. The summed E-state index contributed by atoms with van der Waals surface area (Å²) in [5.74, 6) is -0.114. The molecular weight excluding hydrogens is 469 g/mol. The number of carbonyl (C=O) groups is 1. The highest BCUT2D eigenvalue weighted by molar-refractivity contribution is 5.96. The van der Waals surface area contributed by atoms with Crippen molar-refractivity contribution < 1.29 is 18.0 Å². The summed E-state index contributed by atoms with van der Waals surface area (Å²) < 4.78 is 32.0. The molecule has 0 aromatic heterocycles. The molecule has 6 N–H and O–H groups in total. The molecule has 0 radical (unpaired) electrons. The normalized spacial score (nSPS) is 19.9. The average molecular weight is 509 g/mol. The lowest BCUT2D eigenvalue weighted by atomic mass is 10.0. The lowest BCUT2D eigenvalue weighted by Crippen LogP contribution is -2.50. The van der Waals surface area contributed by atoms with Crippen LogP contribution in [0.25, 0.3) is 0 Å². The summed E-state index contributed by atoms with van der Waals surface area (Å²) >= 11 is 0. The first-order chi connectivity index (χ1) is 16.8. The van der Waals surface area contributed by atoms with E-state index in [9.17, 15) is 18.0 Å². The zero-order valence-electron chi connectivity index (χ0n) is 20.9. The van der Waals surface area contributed by atoms with Gasteiger partial charge in [0, 0.05) is 49.4 Å². The Morgan fingerprint density at radius 1 is 1.22 bits per heavy atom. The maximum absolute atomic E-state index is 13.2. The molecule has 36 heavy (non-hydrogen) atoms. The first kappa shape index (κ1) is 30.9. The van der Waals surface area contributed by atoms with E-state index in [4.69, 9.17) is 16.9 Å². The number of rotatable bonds is 10. The number of alkyl halides is 3. The molecular formula is C26H39F3N6O. The van der Waals surface area contributed by atoms with Gasteiger partial charge in [0.2, 0.25) is 5.91 Å². The van der Waals surface area contributed by atoms with Gasteiger partial charge in [0.25, 0.3) is 0 Å². The van der Waals surface area contributed by atoms with Crippen LogP contribution in [0.5, 0.6) is 0 Å². The van der Waals surface area contributed by atoms with Crippen LogP contribution in [-0.4, -0.2) is 72.5 Å². The number of carbonyl (C=O) groups excluding carboxylic acids is 1. The van der Waals surface area contributed by atoms with E-state index in [1.54, 1.807) is 12.2 Å². The van der Waals surface area contributed by atoms with Crippen LogP contribution in [0.15, 0.2) is 73.5 Å². The van der Waals surface area contributed by atoms with Crippen molar-refractivity contribution in [2.24, 2.45) is 11.5 Å². The molecule has 0 saturated carbocycles. The van der Waals surface area contributed by atoms with Crippen LogP contribution in [0.2, 0.25) is 0 Å². The molecule has 7 nitrogen and oxygen atoms in total. The average Bonchev–Trinajstić information content (AvgIpc) is 3.13. The topological polar surface area (TPSA) is 111 Å². The predicted octanol–water partition coefficient (Wildman–Crippen LogP) is 3.40. The van der Waals surface area contributed by atoms with Crippen LogP contribution in [0, 0.1) is 5.41 Å². The first-order valence-corrected chi connectivity index (χ1v) is 11.8. The minimum absolute atomic E-state index is 0.00902. The van der Waals surface area contributed by atoms with E-state index in [1.165, 1.54) is 0 Å². The number of halogens is 3. The number of piperidine rings is 1. The fraction of sp³-hybridized carbons (Fsp3) is 0.462. The Morgan fingerprint density at radius 2 is 1.81 bits per heavy atom. The van der Waals surface area contributed by atoms with Gasteiger partial charge in [0.05, 0.1) is 0 Å². The van der Waals surface area contributed by atoms with Gasteiger partial charge in [-0.1, -0.05) is 39.0 Å². The second-order valence-corrected chi connectivity index (χ2v) is 8.79. The van der Waals surface area contributed by atoms with E-state index in [1.807, 2.05) is 4.90 Å². The van der Waals surface area contributed by atoms with Gasteiger partial charge in [-0.15, -0.1) is 0 Å². The van der Waals surface area contributed by atoms with Crippen LogP contribution < -0.4 is 16.8 Å². The van der Waals surface area contributed by atoms with Crippen molar-refractivity contribution in [1.82, 2.24) is 15.1 Å². The van der Waals surface area contributed by atoms with Crippen molar-refractivity contribution in [3.63, 3.8) is 0 Å². The van der Waals surface area contributed by atoms with Crippen LogP contribution in [0.4, 0.5) is 13.2 Å². The number of hydrogen-bond acceptors (Lipinski definition) is 5. The molecule has 0 bridgehead atoms. The molecule has 2 aliphatic rings. The third-order valence-electron chi connectivity index (χ3n) is 5.95. The van der Waals surface area contributed by atoms with E-state index in [2.05, 4.69) is 43.1 Å². The fourth-order valence-electron chi connectivity index (χ4n) is 3.87. The number of nitrogens with two attached hydrogens (primary N) is 2. The Bertz CT molecular complexity index is 885. The van der Waals surface area contributed by atoms with E-state index in [0.29, 0.717) is 25.1 Å². The summed E-state index contributed by atoms with van der Waals surface area (Å²) in [6, 6.07) is -0.208. The van der Waals surface area contributed by atoms with Crippen molar-refractivity contribution in [2.75, 3.05) is 32.7 Å². The van der Waals surface area contributed by atoms with Gasteiger partial charge in [-0.3, -0.25) is 10.2 Å². The van der Waals surface area contributed by atoms with Gasteiger partial charge in [-0.2, -0.15) is 13.2 Å². The number of amides is 1. The maximum Gasteiger partial charge on any atom is 0.409 e. The Labute approximate surface area is 212 Å². The zero-order valence-corrected chi connectivity index (χ0v) is 20.9. The molecule has 2 fully saturated rings. The highest BCUT2D eigenvalue weighted by Gasteiger charge is 2.37. The number of amidine groups is 1. The van der Waals surface area contributed by atoms with Gasteiger partial charge in [-0.25, -0.2) is 0 Å². The standard InChI is InChI=1S/C23H36N6O.C3H3F3/c1-5-16(2)15-29-20(14-18(4)22(25)26)17(3)13-21(29)23(30)27-19-7-11-28(12-8-19)10-6-9-24;1-2-3(4,5)6/h5,14,19,21H,1-4,6-13,15,24H2,(H3,25,26)(H,27,30);2H,1H2/b20-14+;. The molecule has 0 aliphatic carbocycles. The quantitative estimate of drug-likeness (QED) is 0.156. The van der Waals surface area contributed by atoms with Crippen molar-refractivity contribution in [3.8, 4) is 0 Å². The molecule has 2 aliphatic heterocycles. The van der Waals surface area contributed by atoms with E-state index < -0.39 is 6.18 Å². The van der Waals surface area contributed by atoms with E-state index in [0.717, 1.165) is 55.7 Å². The monoisotopic (exact) mass is 508 g/mol. The molecule has 1 unspecified atom stereocenters. The summed E-state index contributed by atoms with van der Waals surface area (Å²) in [5, 5.41) is 10.8. The van der Waals surface area contributed by atoms with Gasteiger partial charge in [0.1, 0.15) is 11.9 Å². The molecule has 200 valence electrons. The molecule has 10 heteroatoms. The van der Waals surface area contributed by atoms with Crippen LogP contribution in [-0.2, 0) is 4.79 Å². The number of hydrogen-bond donors (Lipinski definition) is 4. The highest BCUT2D eigenvalue weighted by Crippen LogP contribution is 2.33. The summed E-state index contributed by atoms with van der Waals surface area (Å²) in [4.78, 5) is 17.5. The SMILES string of the molecule is C=CC(=C)CN1/C(=C/C(=C)C(=N)N)C(=C)CC1C(=O)NC1CCN(CCCN)CC1.C=CC(F)(F)F. The number of nitrogens with one attached hydrogen (secondary N) is 2. The summed E-state index contributed by atoms with van der Waals surface area (Å²) in [7, 11) is 0. The largest absolute Gasteiger partial charge is 0.409 e. The number of allylic oxidation sites excluding steroid dienone is 2. The lowest BCUT2D eigenvalue weighted by molar-refractivity contribution is -0.126. The second-order valence-electron chi connectivity index (χ2n) is 8.79. The van der Waals surface area contributed by atoms with Crippen LogP contribution in [0.1, 0.15) is 25.7 Å². The molecule has 1 amide bonds. The summed E-state index contributed by atoms with van der Waals surface area (Å²) in [6.07, 6.45) is 2.55. The van der Waals surface area contributed by atoms with Crippen molar-refractivity contribution in [3.05, 3.63) is 73.5 Å². The summed E-state index contributed by atoms with van der Waals surface area (Å²) in [5.41, 5.74) is 14.0. The minimum Gasteiger partial charge on any atom is -0.384 e. The lowest BCUT2D eigenvalue weighted by Gasteiger charge is -2.34. The Hall–Kier alpha value is -3.11. The zero-order chi connectivity index (χ0) is 27.5. The van der Waals surface area contributed by atoms with Gasteiger partial charge >= 0.3 is 6.18 Å². The van der Waals surface area contributed by atoms with Gasteiger partial charge in [-0.05, 0) is 49.6 Å². The molecule has 1 atom stereocenters. The Kier molecular flexibility index (Phi) is 12.4. The third kappa shape index (κ3) is 10.2. The van der Waals surface area contributed by atoms with Gasteiger partial charge < -0.3 is 26.6 Å². The molecule has 2 saturated heterocycles. The Balaban J connectivity index is 0.000000960. The fourth-order valence-corrected chi connectivity index (χ4v) is 3.87. The van der Waals surface area contributed by atoms with Crippen molar-refractivity contribution >= 4 is 11.7 Å². The minimum atomic E-state index is -4.19. The maximum atomic E-state index is 13.2. The van der Waals surface area contributed by atoms with Crippen LogP contribution in [0.3, 0.4) is 0 Å². The molecule has 0 aromatic carbocycles. The van der Waals surface area contributed by atoms with Gasteiger partial charge in [0.15, 0.2) is 0 Å². The molecule has 0 spiro atoms. The van der Waals surface area contributed by atoms with Crippen molar-refractivity contribution in [2.45, 2.75) is 43.9 Å². The molecule has 2 rings (SSSR count). The highest BCUT2D eigenvalue weighted by atomic mass is 19.4. The van der Waals surface area contributed by atoms with Crippen LogP contribution >= 0.6 is 0 Å². The number of likely N-dealkylation sites (tertiary alicyclic amines) is 2. The third-order valence-corrected chi connectivity index (χ3v) is 5.95. The molecule has 2 heterocycles. The second kappa shape index (κ2) is 14.4. The van der Waals surface area contributed by atoms with E-state index >= 15 is 0 Å². The summed E-state index contributed by atoms with van der Waals surface area (Å²) in [6.45, 7) is 22.4. The van der Waals surface area contributed by atoms with E-state index in [-0.39, 0.29) is 29.9 Å². The predicted molar refractivity (Wildman–Crippen MR) is 140 cm³/mol. The Morgan fingerprint density at radius 3 is 2.28 bits per heavy atom. The van der Waals surface area contributed by atoms with Crippen molar-refractivity contribution in [1.29, 1.82) is 5.41 Å². The molecule has 0 aromatic rings.